The Kier molecular flexibility index (Phi) is 5.66. The third-order valence-corrected chi connectivity index (χ3v) is 3.31. The van der Waals surface area contributed by atoms with Gasteiger partial charge < -0.3 is 10.6 Å². The van der Waals surface area contributed by atoms with Crippen molar-refractivity contribution < 1.29 is 0 Å². The first-order chi connectivity index (χ1) is 8.04. The van der Waals surface area contributed by atoms with E-state index in [2.05, 4.69) is 50.9 Å². The van der Waals surface area contributed by atoms with Crippen molar-refractivity contribution >= 4 is 0 Å². The lowest BCUT2D eigenvalue weighted by atomic mass is 9.96. The Balaban J connectivity index is 2.66. The third kappa shape index (κ3) is 4.49. The molecule has 0 radical (unpaired) electrons. The first-order valence-corrected chi connectivity index (χ1v) is 6.52. The van der Waals surface area contributed by atoms with E-state index in [0.29, 0.717) is 5.92 Å². The van der Waals surface area contributed by atoms with E-state index in [4.69, 9.17) is 5.73 Å². The van der Waals surface area contributed by atoms with Crippen LogP contribution in [0.5, 0.6) is 0 Å². The summed E-state index contributed by atoms with van der Waals surface area (Å²) in [6, 6.07) is 6.84. The molecule has 0 saturated carbocycles. The van der Waals surface area contributed by atoms with Gasteiger partial charge in [0.1, 0.15) is 0 Å². The largest absolute Gasteiger partial charge is 0.329 e. The quantitative estimate of drug-likeness (QED) is 0.819. The van der Waals surface area contributed by atoms with Crippen molar-refractivity contribution in [1.29, 1.82) is 0 Å². The molecule has 17 heavy (non-hydrogen) atoms. The minimum Gasteiger partial charge on any atom is -0.329 e. The van der Waals surface area contributed by atoms with Gasteiger partial charge in [-0.1, -0.05) is 32.0 Å². The average Bonchev–Trinajstić information content (AvgIpc) is 2.28. The molecule has 0 saturated heterocycles. The molecule has 0 fully saturated rings. The van der Waals surface area contributed by atoms with Crippen LogP contribution in [0.2, 0.25) is 0 Å². The lowest BCUT2D eigenvalue weighted by Crippen LogP contribution is -2.27. The fraction of sp³-hybridized carbons (Fsp3) is 0.600. The number of hydrogen-bond acceptors (Lipinski definition) is 2. The van der Waals surface area contributed by atoms with E-state index in [1.165, 1.54) is 16.7 Å². The molecule has 0 atom stereocenters. The molecule has 0 spiro atoms. The average molecular weight is 234 g/mol. The predicted octanol–water partition coefficient (Wildman–Crippen LogP) is 2.55. The van der Waals surface area contributed by atoms with Crippen LogP contribution in [0.15, 0.2) is 18.2 Å². The molecule has 0 heterocycles. The van der Waals surface area contributed by atoms with Gasteiger partial charge in [0, 0.05) is 19.6 Å². The van der Waals surface area contributed by atoms with Crippen LogP contribution in [-0.4, -0.2) is 31.6 Å². The number of benzene rings is 1. The Hall–Kier alpha value is -0.860. The lowest BCUT2D eigenvalue weighted by Gasteiger charge is -2.17. The van der Waals surface area contributed by atoms with Gasteiger partial charge >= 0.3 is 0 Å². The highest BCUT2D eigenvalue weighted by Crippen LogP contribution is 2.19. The monoisotopic (exact) mass is 234 g/mol. The van der Waals surface area contributed by atoms with Gasteiger partial charge in [0.05, 0.1) is 0 Å². The smallest absolute Gasteiger partial charge is 0.0102 e. The van der Waals surface area contributed by atoms with Gasteiger partial charge in [-0.2, -0.15) is 0 Å². The summed E-state index contributed by atoms with van der Waals surface area (Å²) in [7, 11) is 2.13. The Morgan fingerprint density at radius 3 is 2.53 bits per heavy atom. The van der Waals surface area contributed by atoms with E-state index in [9.17, 15) is 0 Å². The summed E-state index contributed by atoms with van der Waals surface area (Å²) in [5.41, 5.74) is 9.86. The molecular formula is C15H26N2. The van der Waals surface area contributed by atoms with Crippen LogP contribution in [0.25, 0.3) is 0 Å². The zero-order valence-corrected chi connectivity index (χ0v) is 11.7. The van der Waals surface area contributed by atoms with Gasteiger partial charge in [-0.05, 0) is 43.0 Å². The molecule has 0 amide bonds. The number of nitrogens with zero attached hydrogens (tertiary/aromatic N) is 1. The van der Waals surface area contributed by atoms with Gasteiger partial charge in [-0.3, -0.25) is 0 Å². The number of likely N-dealkylation sites (N-methyl/N-ethyl adjacent to an activating group) is 1. The maximum atomic E-state index is 5.55. The van der Waals surface area contributed by atoms with Crippen LogP contribution in [0, 0.1) is 6.92 Å². The van der Waals surface area contributed by atoms with Crippen LogP contribution >= 0.6 is 0 Å². The second-order valence-corrected chi connectivity index (χ2v) is 5.18. The number of hydrogen-bond donors (Lipinski definition) is 1. The summed E-state index contributed by atoms with van der Waals surface area (Å²) in [6.45, 7) is 9.48. The van der Waals surface area contributed by atoms with Crippen molar-refractivity contribution in [3.8, 4) is 0 Å². The predicted molar refractivity (Wildman–Crippen MR) is 75.5 cm³/mol. The Bertz CT molecular complexity index is 345. The summed E-state index contributed by atoms with van der Waals surface area (Å²) in [5, 5.41) is 0. The molecule has 0 bridgehead atoms. The molecule has 0 aromatic heterocycles. The summed E-state index contributed by atoms with van der Waals surface area (Å²) < 4.78 is 0. The minimum atomic E-state index is 0.608. The molecule has 2 nitrogen and oxygen atoms in total. The zero-order valence-electron chi connectivity index (χ0n) is 11.7. The fourth-order valence-electron chi connectivity index (χ4n) is 1.96. The highest BCUT2D eigenvalue weighted by atomic mass is 15.1. The Morgan fingerprint density at radius 2 is 1.94 bits per heavy atom. The third-order valence-electron chi connectivity index (χ3n) is 3.31. The number of nitrogens with two attached hydrogens (primary N) is 1. The lowest BCUT2D eigenvalue weighted by molar-refractivity contribution is 0.347. The van der Waals surface area contributed by atoms with Gasteiger partial charge in [-0.25, -0.2) is 0 Å². The van der Waals surface area contributed by atoms with Crippen molar-refractivity contribution in [3.63, 3.8) is 0 Å². The molecule has 0 aliphatic heterocycles. The summed E-state index contributed by atoms with van der Waals surface area (Å²) >= 11 is 0. The van der Waals surface area contributed by atoms with E-state index in [1.54, 1.807) is 0 Å². The van der Waals surface area contributed by atoms with E-state index in [1.807, 2.05) is 0 Å². The van der Waals surface area contributed by atoms with Crippen molar-refractivity contribution in [3.05, 3.63) is 34.9 Å². The molecule has 0 unspecified atom stereocenters. The SMILES string of the molecule is Cc1ccc(C(C)C)cc1CCN(C)CCN. The Morgan fingerprint density at radius 1 is 1.24 bits per heavy atom. The fourth-order valence-corrected chi connectivity index (χ4v) is 1.96. The first kappa shape index (κ1) is 14.2. The Labute approximate surface area is 106 Å². The normalized spacial score (nSPS) is 11.5. The second kappa shape index (κ2) is 6.77. The van der Waals surface area contributed by atoms with Crippen molar-refractivity contribution in [2.45, 2.75) is 33.1 Å². The highest BCUT2D eigenvalue weighted by molar-refractivity contribution is 5.32. The van der Waals surface area contributed by atoms with E-state index in [0.717, 1.165) is 26.1 Å². The van der Waals surface area contributed by atoms with Gasteiger partial charge in [0.2, 0.25) is 0 Å². The summed E-state index contributed by atoms with van der Waals surface area (Å²) in [6.07, 6.45) is 1.11. The molecule has 1 aromatic carbocycles. The molecule has 1 aromatic rings. The highest BCUT2D eigenvalue weighted by Gasteiger charge is 2.05. The van der Waals surface area contributed by atoms with Crippen molar-refractivity contribution in [1.82, 2.24) is 4.90 Å². The van der Waals surface area contributed by atoms with Crippen LogP contribution in [0.4, 0.5) is 0 Å². The van der Waals surface area contributed by atoms with Crippen molar-refractivity contribution in [2.75, 3.05) is 26.7 Å². The van der Waals surface area contributed by atoms with E-state index >= 15 is 0 Å². The van der Waals surface area contributed by atoms with Gasteiger partial charge in [0.15, 0.2) is 0 Å². The molecule has 0 aliphatic carbocycles. The number of rotatable bonds is 6. The van der Waals surface area contributed by atoms with Gasteiger partial charge in [-0.15, -0.1) is 0 Å². The van der Waals surface area contributed by atoms with E-state index in [-0.39, 0.29) is 0 Å². The molecule has 0 aliphatic rings. The number of aryl methyl sites for hydroxylation is 1. The van der Waals surface area contributed by atoms with Crippen molar-refractivity contribution in [2.24, 2.45) is 5.73 Å². The molecule has 2 heteroatoms. The summed E-state index contributed by atoms with van der Waals surface area (Å²) in [4.78, 5) is 2.29. The minimum absolute atomic E-state index is 0.608. The van der Waals surface area contributed by atoms with Crippen LogP contribution < -0.4 is 5.73 Å². The maximum absolute atomic E-state index is 5.55. The van der Waals surface area contributed by atoms with Crippen LogP contribution in [0.3, 0.4) is 0 Å². The molecule has 2 N–H and O–H groups in total. The second-order valence-electron chi connectivity index (χ2n) is 5.18. The molecule has 1 rings (SSSR count). The van der Waals surface area contributed by atoms with E-state index < -0.39 is 0 Å². The van der Waals surface area contributed by atoms with Gasteiger partial charge in [0.25, 0.3) is 0 Å². The maximum Gasteiger partial charge on any atom is 0.0102 e. The first-order valence-electron chi connectivity index (χ1n) is 6.52. The van der Waals surface area contributed by atoms with Crippen LogP contribution in [0.1, 0.15) is 36.5 Å². The molecule has 96 valence electrons. The molecular weight excluding hydrogens is 208 g/mol. The zero-order chi connectivity index (χ0) is 12.8. The van der Waals surface area contributed by atoms with Crippen LogP contribution in [-0.2, 0) is 6.42 Å². The summed E-state index contributed by atoms with van der Waals surface area (Å²) in [5.74, 6) is 0.608. The topological polar surface area (TPSA) is 29.3 Å². The standard InChI is InChI=1S/C15H26N2/c1-12(2)14-6-5-13(3)15(11-14)7-9-17(4)10-8-16/h5-6,11-12H,7-10,16H2,1-4H3.